The van der Waals surface area contributed by atoms with Crippen LogP contribution in [0.2, 0.25) is 0 Å². The van der Waals surface area contributed by atoms with Crippen molar-refractivity contribution in [2.45, 2.75) is 0 Å². The lowest BCUT2D eigenvalue weighted by Gasteiger charge is -2.11. The summed E-state index contributed by atoms with van der Waals surface area (Å²) in [7, 11) is 0. The highest BCUT2D eigenvalue weighted by molar-refractivity contribution is 7.27. The monoisotopic (exact) mass is 851 g/mol. The Bertz CT molecular complexity index is 4140. The van der Waals surface area contributed by atoms with Crippen LogP contribution >= 0.6 is 22.7 Å². The van der Waals surface area contributed by atoms with Crippen LogP contribution in [0.1, 0.15) is 0 Å². The second-order valence-corrected chi connectivity index (χ2v) is 18.4. The Morgan fingerprint density at radius 3 is 1.66 bits per heavy atom. The first-order valence-electron chi connectivity index (χ1n) is 21.4. The number of hydrogen-bond acceptors (Lipinski definition) is 5. The van der Waals surface area contributed by atoms with Gasteiger partial charge in [0, 0.05) is 79.6 Å². The number of aromatic nitrogens is 5. The number of rotatable bonds is 5. The molecule has 0 fully saturated rings. The fourth-order valence-corrected chi connectivity index (χ4v) is 12.5. The molecule has 0 aliphatic heterocycles. The molecule has 14 rings (SSSR count). The van der Waals surface area contributed by atoms with Gasteiger partial charge in [-0.3, -0.25) is 0 Å². The highest BCUT2D eigenvalue weighted by atomic mass is 32.1. The maximum atomic E-state index is 5.14. The van der Waals surface area contributed by atoms with E-state index in [-0.39, 0.29) is 0 Å². The second kappa shape index (κ2) is 13.8. The summed E-state index contributed by atoms with van der Waals surface area (Å²) < 4.78 is 9.95. The zero-order valence-corrected chi connectivity index (χ0v) is 35.7. The van der Waals surface area contributed by atoms with Gasteiger partial charge in [-0.15, -0.1) is 22.7 Å². The molecule has 0 aliphatic rings. The smallest absolute Gasteiger partial charge is 0.165 e. The minimum atomic E-state index is 0.655. The molecule has 0 saturated carbocycles. The van der Waals surface area contributed by atoms with Gasteiger partial charge in [-0.2, -0.15) is 0 Å². The summed E-state index contributed by atoms with van der Waals surface area (Å²) in [5, 5.41) is 10.1. The molecule has 9 aromatic carbocycles. The van der Waals surface area contributed by atoms with E-state index in [0.717, 1.165) is 32.8 Å². The molecule has 0 radical (unpaired) electrons. The number of para-hydroxylation sites is 2. The van der Waals surface area contributed by atoms with Crippen molar-refractivity contribution in [3.63, 3.8) is 0 Å². The number of thiophene rings is 2. The molecular formula is C57H33N5S2. The molecule has 0 N–H and O–H groups in total. The minimum absolute atomic E-state index is 0.655. The molecule has 5 nitrogen and oxygen atoms in total. The number of hydrogen-bond donors (Lipinski definition) is 0. The van der Waals surface area contributed by atoms with Gasteiger partial charge in [-0.25, -0.2) is 15.0 Å². The van der Waals surface area contributed by atoms with Gasteiger partial charge in [-0.1, -0.05) is 146 Å². The molecule has 0 spiro atoms. The Kier molecular flexibility index (Phi) is 7.66. The molecule has 14 aromatic rings. The fraction of sp³-hybridized carbons (Fsp3) is 0. The van der Waals surface area contributed by atoms with Crippen molar-refractivity contribution in [2.24, 2.45) is 0 Å². The van der Waals surface area contributed by atoms with Crippen LogP contribution in [0.3, 0.4) is 0 Å². The van der Waals surface area contributed by atoms with Crippen LogP contribution < -0.4 is 0 Å². The summed E-state index contributed by atoms with van der Waals surface area (Å²) in [4.78, 5) is 15.3. The van der Waals surface area contributed by atoms with Crippen LogP contribution in [0.5, 0.6) is 0 Å². The van der Waals surface area contributed by atoms with E-state index < -0.39 is 0 Å². The Hall–Kier alpha value is -7.97. The molecule has 5 heterocycles. The number of fused-ring (bicyclic) bond motifs is 13. The Morgan fingerprint density at radius 2 is 0.891 bits per heavy atom. The Morgan fingerprint density at radius 1 is 0.328 bits per heavy atom. The summed E-state index contributed by atoms with van der Waals surface area (Å²) >= 11 is 3.71. The van der Waals surface area contributed by atoms with E-state index in [2.05, 4.69) is 173 Å². The summed E-state index contributed by atoms with van der Waals surface area (Å²) in [5.41, 5.74) is 9.97. The van der Waals surface area contributed by atoms with E-state index in [4.69, 9.17) is 15.0 Å². The third kappa shape index (κ3) is 5.19. The quantitative estimate of drug-likeness (QED) is 0.173. The van der Waals surface area contributed by atoms with Crippen molar-refractivity contribution in [1.29, 1.82) is 0 Å². The maximum Gasteiger partial charge on any atom is 0.165 e. The van der Waals surface area contributed by atoms with Gasteiger partial charge in [0.05, 0.1) is 32.5 Å². The zero-order chi connectivity index (χ0) is 41.9. The lowest BCUT2D eigenvalue weighted by molar-refractivity contribution is 1.08. The van der Waals surface area contributed by atoms with Crippen LogP contribution in [0.25, 0.3) is 129 Å². The normalized spacial score (nSPS) is 12.1. The SMILES string of the molecule is c1ccc(-c2nc(-c3ccccc3)nc(-c3cccc4c3sc3c(-n5c6ccccc6c6cc(-n7c8ccccc8c8c9sc%10ccccc%10c9ccc87)ccc65)cccc34)n2)cc1. The van der Waals surface area contributed by atoms with Crippen LogP contribution in [-0.2, 0) is 0 Å². The predicted molar refractivity (Wildman–Crippen MR) is 271 cm³/mol. The third-order valence-corrected chi connectivity index (χ3v) is 15.3. The fourth-order valence-electron chi connectivity index (χ4n) is 9.96. The van der Waals surface area contributed by atoms with Gasteiger partial charge in [0.15, 0.2) is 17.5 Å². The standard InChI is InChI=1S/C57H33N5S2/c1-3-15-34(16-4-1)55-58-56(35-17-5-2-6-18-35)60-57(59-55)43-24-13-22-39-40-23-14-27-49(53(40)64-52(39)43)62-45-25-10-7-19-37(45)44-33-36(29-31-47(44)62)61-46-26-11-8-21-42(46)51-48(61)32-30-41-38-20-9-12-28-50(38)63-54(41)51/h1-33H. The number of benzene rings is 9. The molecule has 0 unspecified atom stereocenters. The molecule has 0 atom stereocenters. The van der Waals surface area contributed by atoms with Gasteiger partial charge in [-0.05, 0) is 54.6 Å². The summed E-state index contributed by atoms with van der Waals surface area (Å²) in [6.07, 6.45) is 0. The van der Waals surface area contributed by atoms with Gasteiger partial charge in [0.25, 0.3) is 0 Å². The number of nitrogens with zero attached hydrogens (tertiary/aromatic N) is 5. The topological polar surface area (TPSA) is 48.5 Å². The maximum absolute atomic E-state index is 5.14. The molecule has 0 aliphatic carbocycles. The van der Waals surface area contributed by atoms with E-state index in [0.29, 0.717) is 17.5 Å². The van der Waals surface area contributed by atoms with E-state index in [1.807, 2.05) is 59.1 Å². The highest BCUT2D eigenvalue weighted by Gasteiger charge is 2.22. The lowest BCUT2D eigenvalue weighted by Crippen LogP contribution is -2.00. The van der Waals surface area contributed by atoms with E-state index in [1.54, 1.807) is 0 Å². The van der Waals surface area contributed by atoms with Crippen molar-refractivity contribution >= 4 is 107 Å². The van der Waals surface area contributed by atoms with Gasteiger partial charge < -0.3 is 9.13 Å². The lowest BCUT2D eigenvalue weighted by atomic mass is 10.1. The average molecular weight is 852 g/mol. The molecule has 0 saturated heterocycles. The van der Waals surface area contributed by atoms with Gasteiger partial charge >= 0.3 is 0 Å². The first kappa shape index (κ1) is 35.6. The van der Waals surface area contributed by atoms with Crippen molar-refractivity contribution in [1.82, 2.24) is 24.1 Å². The first-order valence-corrected chi connectivity index (χ1v) is 23.1. The summed E-state index contributed by atoms with van der Waals surface area (Å²) in [6.45, 7) is 0. The molecule has 5 aromatic heterocycles. The Labute approximate surface area is 374 Å². The van der Waals surface area contributed by atoms with Crippen molar-refractivity contribution in [3.05, 3.63) is 200 Å². The van der Waals surface area contributed by atoms with Crippen LogP contribution in [0.4, 0.5) is 0 Å². The van der Waals surface area contributed by atoms with Crippen LogP contribution in [-0.4, -0.2) is 24.1 Å². The molecule has 298 valence electrons. The van der Waals surface area contributed by atoms with Crippen molar-refractivity contribution in [2.75, 3.05) is 0 Å². The van der Waals surface area contributed by atoms with E-state index in [9.17, 15) is 0 Å². The highest BCUT2D eigenvalue weighted by Crippen LogP contribution is 2.46. The second-order valence-electron chi connectivity index (χ2n) is 16.3. The first-order chi connectivity index (χ1) is 31.7. The van der Waals surface area contributed by atoms with Gasteiger partial charge in [0.1, 0.15) is 0 Å². The largest absolute Gasteiger partial charge is 0.309 e. The molecule has 0 bridgehead atoms. The molecule has 64 heavy (non-hydrogen) atoms. The zero-order valence-electron chi connectivity index (χ0n) is 34.1. The molecule has 7 heteroatoms. The average Bonchev–Trinajstić information content (AvgIpc) is 4.12. The van der Waals surface area contributed by atoms with E-state index >= 15 is 0 Å². The van der Waals surface area contributed by atoms with Crippen LogP contribution in [0.15, 0.2) is 200 Å². The summed E-state index contributed by atoms with van der Waals surface area (Å²) in [5.74, 6) is 1.97. The van der Waals surface area contributed by atoms with E-state index in [1.165, 1.54) is 79.3 Å². The minimum Gasteiger partial charge on any atom is -0.309 e. The van der Waals surface area contributed by atoms with Gasteiger partial charge in [0.2, 0.25) is 0 Å². The molecule has 0 amide bonds. The van der Waals surface area contributed by atoms with Crippen molar-refractivity contribution < 1.29 is 0 Å². The Balaban J connectivity index is 0.975. The third-order valence-electron chi connectivity index (χ3n) is 12.8. The van der Waals surface area contributed by atoms with Crippen LogP contribution in [0, 0.1) is 0 Å². The predicted octanol–water partition coefficient (Wildman–Crippen LogP) is 15.8. The summed E-state index contributed by atoms with van der Waals surface area (Å²) in [6, 6.07) is 71.7. The molecular weight excluding hydrogens is 819 g/mol. The van der Waals surface area contributed by atoms with Crippen molar-refractivity contribution in [3.8, 4) is 45.5 Å².